The van der Waals surface area contributed by atoms with Crippen molar-refractivity contribution in [2.24, 2.45) is 0 Å². The van der Waals surface area contributed by atoms with Gasteiger partial charge in [-0.25, -0.2) is 0 Å². The van der Waals surface area contributed by atoms with E-state index in [0.29, 0.717) is 18.7 Å². The van der Waals surface area contributed by atoms with E-state index in [-0.39, 0.29) is 5.91 Å². The largest absolute Gasteiger partial charge is 0.508 e. The second kappa shape index (κ2) is 6.24. The first-order valence-corrected chi connectivity index (χ1v) is 6.71. The van der Waals surface area contributed by atoms with Crippen LogP contribution in [0.1, 0.15) is 18.1 Å². The second-order valence-electron chi connectivity index (χ2n) is 4.80. The van der Waals surface area contributed by atoms with Gasteiger partial charge in [0.2, 0.25) is 5.91 Å². The van der Waals surface area contributed by atoms with E-state index in [1.165, 1.54) is 6.92 Å². The van der Waals surface area contributed by atoms with E-state index in [2.05, 4.69) is 11.9 Å². The summed E-state index contributed by atoms with van der Waals surface area (Å²) in [4.78, 5) is 11.0. The summed E-state index contributed by atoms with van der Waals surface area (Å²) in [5.41, 5.74) is 2.03. The Morgan fingerprint density at radius 3 is 2.85 bits per heavy atom. The van der Waals surface area contributed by atoms with Crippen molar-refractivity contribution in [3.8, 4) is 5.75 Å². The fourth-order valence-electron chi connectivity index (χ4n) is 2.46. The Kier molecular flexibility index (Phi) is 4.41. The summed E-state index contributed by atoms with van der Waals surface area (Å²) in [6, 6.07) is 9.71. The number of allylic oxidation sites excluding steroid dienone is 1. The van der Waals surface area contributed by atoms with Gasteiger partial charge in [0.1, 0.15) is 5.75 Å². The number of hydrogen-bond acceptors (Lipinski definition) is 2. The van der Waals surface area contributed by atoms with Crippen LogP contribution in [0.3, 0.4) is 0 Å². The number of hydrogen-bond donors (Lipinski definition) is 2. The lowest BCUT2D eigenvalue weighted by molar-refractivity contribution is -0.118. The van der Waals surface area contributed by atoms with Gasteiger partial charge in [-0.05, 0) is 35.2 Å². The molecule has 0 aliphatic heterocycles. The summed E-state index contributed by atoms with van der Waals surface area (Å²) in [5, 5.41) is 15.0. The Bertz CT molecular complexity index is 647. The van der Waals surface area contributed by atoms with E-state index >= 15 is 0 Å². The Labute approximate surface area is 118 Å². The molecule has 20 heavy (non-hydrogen) atoms. The van der Waals surface area contributed by atoms with Crippen molar-refractivity contribution >= 4 is 16.7 Å². The third kappa shape index (κ3) is 2.99. The minimum Gasteiger partial charge on any atom is -0.508 e. The number of phenols is 1. The monoisotopic (exact) mass is 269 g/mol. The zero-order chi connectivity index (χ0) is 14.5. The van der Waals surface area contributed by atoms with Crippen LogP contribution >= 0.6 is 0 Å². The van der Waals surface area contributed by atoms with Gasteiger partial charge in [-0.1, -0.05) is 30.3 Å². The van der Waals surface area contributed by atoms with E-state index in [9.17, 15) is 9.90 Å². The van der Waals surface area contributed by atoms with Gasteiger partial charge in [-0.3, -0.25) is 4.79 Å². The van der Waals surface area contributed by atoms with Crippen LogP contribution in [-0.4, -0.2) is 17.6 Å². The van der Waals surface area contributed by atoms with Gasteiger partial charge in [-0.2, -0.15) is 0 Å². The third-order valence-electron chi connectivity index (χ3n) is 3.33. The lowest BCUT2D eigenvalue weighted by Gasteiger charge is -2.12. The van der Waals surface area contributed by atoms with E-state index in [1.807, 2.05) is 24.3 Å². The number of carbonyl (C=O) groups is 1. The summed E-state index contributed by atoms with van der Waals surface area (Å²) < 4.78 is 0. The molecule has 104 valence electrons. The lowest BCUT2D eigenvalue weighted by atomic mass is 9.95. The molecule has 0 atom stereocenters. The zero-order valence-corrected chi connectivity index (χ0v) is 11.6. The van der Waals surface area contributed by atoms with Crippen LogP contribution in [0.15, 0.2) is 43.0 Å². The summed E-state index contributed by atoms with van der Waals surface area (Å²) in [6.07, 6.45) is 3.16. The molecule has 2 aromatic rings. The molecule has 0 heterocycles. The maximum absolute atomic E-state index is 11.0. The van der Waals surface area contributed by atoms with E-state index < -0.39 is 0 Å². The highest BCUT2D eigenvalue weighted by atomic mass is 16.3. The van der Waals surface area contributed by atoms with Crippen molar-refractivity contribution in [3.05, 3.63) is 54.1 Å². The second-order valence-corrected chi connectivity index (χ2v) is 4.80. The molecule has 2 aromatic carbocycles. The van der Waals surface area contributed by atoms with Crippen LogP contribution in [0.25, 0.3) is 10.8 Å². The Morgan fingerprint density at radius 2 is 2.15 bits per heavy atom. The normalized spacial score (nSPS) is 10.4. The number of amides is 1. The van der Waals surface area contributed by atoms with Crippen LogP contribution in [0, 0.1) is 0 Å². The van der Waals surface area contributed by atoms with Crippen molar-refractivity contribution in [1.29, 1.82) is 0 Å². The fourth-order valence-corrected chi connectivity index (χ4v) is 2.46. The molecular formula is C17H19NO2. The van der Waals surface area contributed by atoms with Crippen LogP contribution in [0.4, 0.5) is 0 Å². The summed E-state index contributed by atoms with van der Waals surface area (Å²) in [7, 11) is 0. The zero-order valence-electron chi connectivity index (χ0n) is 11.6. The molecule has 0 spiro atoms. The molecule has 0 unspecified atom stereocenters. The van der Waals surface area contributed by atoms with Crippen molar-refractivity contribution in [1.82, 2.24) is 5.32 Å². The maximum Gasteiger partial charge on any atom is 0.216 e. The molecule has 1 amide bonds. The number of benzene rings is 2. The number of phenolic OH excluding ortho intramolecular Hbond substituents is 1. The smallest absolute Gasteiger partial charge is 0.216 e. The molecule has 3 nitrogen and oxygen atoms in total. The fraction of sp³-hybridized carbons (Fsp3) is 0.235. The van der Waals surface area contributed by atoms with Crippen LogP contribution < -0.4 is 5.32 Å². The van der Waals surface area contributed by atoms with Crippen molar-refractivity contribution in [2.75, 3.05) is 6.54 Å². The highest BCUT2D eigenvalue weighted by Gasteiger charge is 2.09. The average molecular weight is 269 g/mol. The molecule has 2 N–H and O–H groups in total. The van der Waals surface area contributed by atoms with E-state index in [1.54, 1.807) is 12.1 Å². The number of fused-ring (bicyclic) bond motifs is 1. The standard InChI is InChI=1S/C17H19NO2/c1-3-5-15-16(20)9-8-13-6-4-7-14(17(13)15)10-11-18-12(2)19/h3-4,6-9,20H,1,5,10-11H2,2H3,(H,18,19). The van der Waals surface area contributed by atoms with Crippen molar-refractivity contribution in [2.45, 2.75) is 19.8 Å². The summed E-state index contributed by atoms with van der Waals surface area (Å²) in [5.74, 6) is 0.267. The van der Waals surface area contributed by atoms with Crippen molar-refractivity contribution in [3.63, 3.8) is 0 Å². The molecule has 3 heteroatoms. The Hall–Kier alpha value is -2.29. The molecule has 0 aliphatic carbocycles. The highest BCUT2D eigenvalue weighted by Crippen LogP contribution is 2.30. The Balaban J connectivity index is 2.45. The van der Waals surface area contributed by atoms with Gasteiger partial charge in [-0.15, -0.1) is 6.58 Å². The van der Waals surface area contributed by atoms with Gasteiger partial charge >= 0.3 is 0 Å². The summed E-state index contributed by atoms with van der Waals surface area (Å²) in [6.45, 7) is 5.86. The average Bonchev–Trinajstić information content (AvgIpc) is 2.42. The van der Waals surface area contributed by atoms with E-state index in [0.717, 1.165) is 28.3 Å². The predicted octanol–water partition coefficient (Wildman–Crippen LogP) is 2.95. The van der Waals surface area contributed by atoms with Gasteiger partial charge in [0, 0.05) is 19.0 Å². The minimum absolute atomic E-state index is 0.0283. The predicted molar refractivity (Wildman–Crippen MR) is 81.9 cm³/mol. The van der Waals surface area contributed by atoms with Crippen LogP contribution in [0.2, 0.25) is 0 Å². The highest BCUT2D eigenvalue weighted by molar-refractivity contribution is 5.91. The molecule has 0 fully saturated rings. The molecule has 0 saturated heterocycles. The van der Waals surface area contributed by atoms with Gasteiger partial charge in [0.05, 0.1) is 0 Å². The van der Waals surface area contributed by atoms with Gasteiger partial charge in [0.15, 0.2) is 0 Å². The first-order valence-electron chi connectivity index (χ1n) is 6.71. The topological polar surface area (TPSA) is 49.3 Å². The molecule has 0 saturated carbocycles. The molecule has 0 radical (unpaired) electrons. The van der Waals surface area contributed by atoms with Crippen LogP contribution in [0.5, 0.6) is 5.75 Å². The molecule has 0 bridgehead atoms. The van der Waals surface area contributed by atoms with Crippen LogP contribution in [-0.2, 0) is 17.6 Å². The maximum atomic E-state index is 11.0. The SMILES string of the molecule is C=CCc1c(O)ccc2cccc(CCNC(C)=O)c12. The Morgan fingerprint density at radius 1 is 1.35 bits per heavy atom. The molecule has 0 aromatic heterocycles. The van der Waals surface area contributed by atoms with Crippen molar-refractivity contribution < 1.29 is 9.90 Å². The number of carbonyl (C=O) groups excluding carboxylic acids is 1. The van der Waals surface area contributed by atoms with Gasteiger partial charge < -0.3 is 10.4 Å². The molecule has 0 aliphatic rings. The third-order valence-corrected chi connectivity index (χ3v) is 3.33. The number of aromatic hydroxyl groups is 1. The summed E-state index contributed by atoms with van der Waals surface area (Å²) >= 11 is 0. The molecular weight excluding hydrogens is 250 g/mol. The van der Waals surface area contributed by atoms with E-state index in [4.69, 9.17) is 0 Å². The number of rotatable bonds is 5. The first-order chi connectivity index (χ1) is 9.63. The quantitative estimate of drug-likeness (QED) is 0.820. The number of nitrogens with one attached hydrogen (secondary N) is 1. The molecule has 2 rings (SSSR count). The van der Waals surface area contributed by atoms with Gasteiger partial charge in [0.25, 0.3) is 0 Å². The lowest BCUT2D eigenvalue weighted by Crippen LogP contribution is -2.22. The first kappa shape index (κ1) is 14.1. The minimum atomic E-state index is -0.0283.